The fourth-order valence-corrected chi connectivity index (χ4v) is 4.63. The van der Waals surface area contributed by atoms with Gasteiger partial charge in [-0.15, -0.1) is 0 Å². The summed E-state index contributed by atoms with van der Waals surface area (Å²) < 4.78 is 26.3. The molecule has 0 aromatic heterocycles. The van der Waals surface area contributed by atoms with Crippen LogP contribution in [0.4, 0.5) is 0 Å². The van der Waals surface area contributed by atoms with Gasteiger partial charge >= 0.3 is 5.97 Å². The molecule has 9 heteroatoms. The molecule has 0 spiro atoms. The van der Waals surface area contributed by atoms with E-state index in [0.717, 1.165) is 4.31 Å². The van der Waals surface area contributed by atoms with Crippen LogP contribution in [0, 0.1) is 5.92 Å². The van der Waals surface area contributed by atoms with Crippen LogP contribution in [0.5, 0.6) is 0 Å². The van der Waals surface area contributed by atoms with Crippen molar-refractivity contribution in [2.45, 2.75) is 11.8 Å². The van der Waals surface area contributed by atoms with Gasteiger partial charge in [0.15, 0.2) is 0 Å². The summed E-state index contributed by atoms with van der Waals surface area (Å²) in [7, 11) is -2.68. The number of hydrogen-bond donors (Lipinski definition) is 1. The second kappa shape index (κ2) is 6.62. The van der Waals surface area contributed by atoms with E-state index in [4.69, 9.17) is 28.3 Å². The van der Waals surface area contributed by atoms with Crippen LogP contribution in [0.1, 0.15) is 6.92 Å². The minimum absolute atomic E-state index is 0.0285. The molecular weight excluding hydrogens is 393 g/mol. The highest BCUT2D eigenvalue weighted by atomic mass is 79.9. The first-order valence-electron chi connectivity index (χ1n) is 5.41. The quantitative estimate of drug-likeness (QED) is 0.818. The molecule has 0 aliphatic heterocycles. The van der Waals surface area contributed by atoms with E-state index < -0.39 is 21.9 Å². The summed E-state index contributed by atoms with van der Waals surface area (Å²) in [5.41, 5.74) is 0. The van der Waals surface area contributed by atoms with Gasteiger partial charge in [0.1, 0.15) is 4.90 Å². The van der Waals surface area contributed by atoms with Crippen molar-refractivity contribution in [3.63, 3.8) is 0 Å². The normalized spacial score (nSPS) is 13.5. The van der Waals surface area contributed by atoms with Gasteiger partial charge in [-0.1, -0.05) is 46.1 Å². The van der Waals surface area contributed by atoms with Gasteiger partial charge in [-0.25, -0.2) is 8.42 Å². The van der Waals surface area contributed by atoms with Crippen LogP contribution in [0.15, 0.2) is 21.5 Å². The van der Waals surface area contributed by atoms with E-state index in [9.17, 15) is 13.2 Å². The van der Waals surface area contributed by atoms with Crippen molar-refractivity contribution < 1.29 is 18.3 Å². The fraction of sp³-hybridized carbons (Fsp3) is 0.364. The van der Waals surface area contributed by atoms with Crippen molar-refractivity contribution in [1.82, 2.24) is 4.31 Å². The van der Waals surface area contributed by atoms with E-state index in [1.54, 1.807) is 0 Å². The number of aliphatic carboxylic acids is 1. The van der Waals surface area contributed by atoms with Crippen LogP contribution in [0.3, 0.4) is 0 Å². The van der Waals surface area contributed by atoms with Crippen LogP contribution < -0.4 is 0 Å². The predicted octanol–water partition coefficient (Wildman–Crippen LogP) is 3.10. The van der Waals surface area contributed by atoms with Crippen molar-refractivity contribution in [1.29, 1.82) is 0 Å². The molecule has 1 atom stereocenters. The van der Waals surface area contributed by atoms with Gasteiger partial charge in [-0.05, 0) is 12.1 Å². The molecule has 0 saturated carbocycles. The lowest BCUT2D eigenvalue weighted by atomic mass is 10.2. The van der Waals surface area contributed by atoms with Gasteiger partial charge in [0.25, 0.3) is 0 Å². The zero-order chi connectivity index (χ0) is 15.7. The molecule has 0 bridgehead atoms. The summed E-state index contributed by atoms with van der Waals surface area (Å²) in [6.45, 7) is 1.24. The van der Waals surface area contributed by atoms with E-state index in [-0.39, 0.29) is 21.5 Å². The molecule has 112 valence electrons. The SMILES string of the molecule is CC(CN(C)S(=O)(=O)c1c(Cl)cc(Br)cc1Cl)C(=O)O. The molecule has 1 N–H and O–H groups in total. The lowest BCUT2D eigenvalue weighted by Gasteiger charge is -2.20. The lowest BCUT2D eigenvalue weighted by molar-refractivity contribution is -0.141. The molecule has 0 amide bonds. The molecule has 1 unspecified atom stereocenters. The van der Waals surface area contributed by atoms with Crippen molar-refractivity contribution in [3.8, 4) is 0 Å². The predicted molar refractivity (Wildman–Crippen MR) is 80.8 cm³/mol. The molecule has 20 heavy (non-hydrogen) atoms. The smallest absolute Gasteiger partial charge is 0.307 e. The third-order valence-corrected chi connectivity index (χ3v) is 5.79. The number of halogens is 3. The first-order valence-corrected chi connectivity index (χ1v) is 8.40. The number of sulfonamides is 1. The number of carboxylic acid groups (broad SMARTS) is 1. The highest BCUT2D eigenvalue weighted by molar-refractivity contribution is 9.10. The maximum Gasteiger partial charge on any atom is 0.307 e. The summed E-state index contributed by atoms with van der Waals surface area (Å²) >= 11 is 15.0. The standard InChI is InChI=1S/C11H12BrCl2NO4S/c1-6(11(16)17)5-15(2)20(18,19)10-8(13)3-7(12)4-9(10)14/h3-4,6H,5H2,1-2H3,(H,16,17). The summed E-state index contributed by atoms with van der Waals surface area (Å²) in [5.74, 6) is -1.93. The Kier molecular flexibility index (Phi) is 5.86. The number of hydrogen-bond acceptors (Lipinski definition) is 3. The minimum atomic E-state index is -3.96. The molecule has 0 heterocycles. The zero-order valence-corrected chi connectivity index (χ0v) is 14.5. The van der Waals surface area contributed by atoms with E-state index in [1.165, 1.54) is 26.1 Å². The Morgan fingerprint density at radius 2 is 1.85 bits per heavy atom. The van der Waals surface area contributed by atoms with E-state index in [0.29, 0.717) is 4.47 Å². The molecule has 0 saturated heterocycles. The fourth-order valence-electron chi connectivity index (χ4n) is 1.49. The number of carboxylic acids is 1. The Bertz CT molecular complexity index is 612. The maximum atomic E-state index is 12.4. The molecule has 1 rings (SSSR count). The average Bonchev–Trinajstić information content (AvgIpc) is 2.26. The number of rotatable bonds is 5. The third-order valence-electron chi connectivity index (χ3n) is 2.58. The van der Waals surface area contributed by atoms with Crippen molar-refractivity contribution >= 4 is 55.1 Å². The van der Waals surface area contributed by atoms with E-state index in [2.05, 4.69) is 15.9 Å². The van der Waals surface area contributed by atoms with Crippen molar-refractivity contribution in [2.75, 3.05) is 13.6 Å². The van der Waals surface area contributed by atoms with Crippen molar-refractivity contribution in [3.05, 3.63) is 26.7 Å². The van der Waals surface area contributed by atoms with Gasteiger partial charge in [-0.3, -0.25) is 4.79 Å². The second-order valence-corrected chi connectivity index (χ2v) is 7.94. The largest absolute Gasteiger partial charge is 0.481 e. The average molecular weight is 405 g/mol. The Balaban J connectivity index is 3.21. The molecule has 0 aliphatic carbocycles. The molecule has 1 aromatic carbocycles. The first kappa shape index (κ1) is 17.7. The summed E-state index contributed by atoms with van der Waals surface area (Å²) in [5, 5.41) is 8.78. The highest BCUT2D eigenvalue weighted by Crippen LogP contribution is 2.34. The monoisotopic (exact) mass is 403 g/mol. The molecule has 5 nitrogen and oxygen atoms in total. The summed E-state index contributed by atoms with van der Waals surface area (Å²) in [6.07, 6.45) is 0. The number of nitrogens with zero attached hydrogens (tertiary/aromatic N) is 1. The molecule has 0 radical (unpaired) electrons. The van der Waals surface area contributed by atoms with Gasteiger partial charge in [-0.2, -0.15) is 4.31 Å². The summed E-state index contributed by atoms with van der Waals surface area (Å²) in [4.78, 5) is 10.6. The Labute approximate surface area is 135 Å². The van der Waals surface area contributed by atoms with Crippen LogP contribution in [0.25, 0.3) is 0 Å². The number of carbonyl (C=O) groups is 1. The summed E-state index contributed by atoms with van der Waals surface area (Å²) in [6, 6.07) is 2.82. The Hall–Kier alpha value is -0.340. The third kappa shape index (κ3) is 3.85. The van der Waals surface area contributed by atoms with Crippen LogP contribution in [-0.4, -0.2) is 37.4 Å². The first-order chi connectivity index (χ1) is 9.07. The van der Waals surface area contributed by atoms with Crippen LogP contribution in [0.2, 0.25) is 10.0 Å². The number of benzene rings is 1. The van der Waals surface area contributed by atoms with Gasteiger partial charge in [0, 0.05) is 18.1 Å². The maximum absolute atomic E-state index is 12.4. The second-order valence-electron chi connectivity index (χ2n) is 4.22. The van der Waals surface area contributed by atoms with Gasteiger partial charge in [0.2, 0.25) is 10.0 Å². The Morgan fingerprint density at radius 1 is 1.40 bits per heavy atom. The van der Waals surface area contributed by atoms with Crippen molar-refractivity contribution in [2.24, 2.45) is 5.92 Å². The molecule has 1 aromatic rings. The topological polar surface area (TPSA) is 74.7 Å². The molecule has 0 fully saturated rings. The highest BCUT2D eigenvalue weighted by Gasteiger charge is 2.29. The van der Waals surface area contributed by atoms with Gasteiger partial charge < -0.3 is 5.11 Å². The molecular formula is C11H12BrCl2NO4S. The Morgan fingerprint density at radius 3 is 2.25 bits per heavy atom. The minimum Gasteiger partial charge on any atom is -0.481 e. The van der Waals surface area contributed by atoms with Gasteiger partial charge in [0.05, 0.1) is 16.0 Å². The lowest BCUT2D eigenvalue weighted by Crippen LogP contribution is -2.34. The van der Waals surface area contributed by atoms with Crippen LogP contribution >= 0.6 is 39.1 Å². The van der Waals surface area contributed by atoms with E-state index in [1.807, 2.05) is 0 Å². The zero-order valence-electron chi connectivity index (χ0n) is 10.6. The van der Waals surface area contributed by atoms with E-state index >= 15 is 0 Å². The van der Waals surface area contributed by atoms with Crippen LogP contribution in [-0.2, 0) is 14.8 Å². The molecule has 0 aliphatic rings.